The Labute approximate surface area is 106 Å². The van der Waals surface area contributed by atoms with Gasteiger partial charge < -0.3 is 16.0 Å². The van der Waals surface area contributed by atoms with Gasteiger partial charge >= 0.3 is 0 Å². The molecule has 1 aliphatic carbocycles. The van der Waals surface area contributed by atoms with Gasteiger partial charge in [0, 0.05) is 26.2 Å². The van der Waals surface area contributed by atoms with E-state index in [0.717, 1.165) is 5.00 Å². The van der Waals surface area contributed by atoms with Crippen molar-refractivity contribution in [2.24, 2.45) is 0 Å². The molecule has 3 N–H and O–H groups in total. The second kappa shape index (κ2) is 4.56. The van der Waals surface area contributed by atoms with Gasteiger partial charge in [0.25, 0.3) is 5.91 Å². The number of carbonyl (C=O) groups excluding carboxylic acids is 1. The molecule has 94 valence electrons. The number of thiophene rings is 1. The van der Waals surface area contributed by atoms with E-state index in [0.29, 0.717) is 23.0 Å². The van der Waals surface area contributed by atoms with E-state index in [1.165, 1.54) is 29.7 Å². The first-order valence-corrected chi connectivity index (χ1v) is 6.75. The molecule has 4 nitrogen and oxygen atoms in total. The maximum Gasteiger partial charge on any atom is 0.263 e. The van der Waals surface area contributed by atoms with Crippen LogP contribution in [-0.4, -0.2) is 26.5 Å². The van der Waals surface area contributed by atoms with Gasteiger partial charge in [-0.3, -0.25) is 4.79 Å². The van der Waals surface area contributed by atoms with Crippen molar-refractivity contribution in [3.63, 3.8) is 0 Å². The van der Waals surface area contributed by atoms with Crippen molar-refractivity contribution in [3.05, 3.63) is 10.4 Å². The van der Waals surface area contributed by atoms with Crippen molar-refractivity contribution < 1.29 is 4.79 Å². The zero-order chi connectivity index (χ0) is 12.6. The molecule has 17 heavy (non-hydrogen) atoms. The summed E-state index contributed by atoms with van der Waals surface area (Å²) in [5.41, 5.74) is 8.01. The molecule has 0 unspecified atom stereocenters. The van der Waals surface area contributed by atoms with E-state index >= 15 is 0 Å². The summed E-state index contributed by atoms with van der Waals surface area (Å²) < 4.78 is 0. The lowest BCUT2D eigenvalue weighted by Crippen LogP contribution is -2.22. The molecular formula is C12H19N3OS. The normalized spacial score (nSPS) is 14.8. The van der Waals surface area contributed by atoms with Crippen LogP contribution in [0, 0.1) is 0 Å². The van der Waals surface area contributed by atoms with Gasteiger partial charge in [0.05, 0.1) is 10.7 Å². The number of hydrogen-bond donors (Lipinski definition) is 2. The van der Waals surface area contributed by atoms with E-state index in [1.54, 1.807) is 0 Å². The molecule has 0 aromatic carbocycles. The van der Waals surface area contributed by atoms with Gasteiger partial charge in [-0.05, 0) is 25.7 Å². The molecular weight excluding hydrogens is 234 g/mol. The third kappa shape index (κ3) is 2.24. The van der Waals surface area contributed by atoms with Gasteiger partial charge in [-0.15, -0.1) is 11.3 Å². The van der Waals surface area contributed by atoms with E-state index in [4.69, 9.17) is 5.73 Å². The van der Waals surface area contributed by atoms with Crippen LogP contribution in [0.2, 0.25) is 0 Å². The summed E-state index contributed by atoms with van der Waals surface area (Å²) in [7, 11) is 4.00. The highest BCUT2D eigenvalue weighted by molar-refractivity contribution is 7.18. The smallest absolute Gasteiger partial charge is 0.263 e. The average Bonchev–Trinajstić information content (AvgIpc) is 3.02. The number of nitrogen functional groups attached to an aromatic ring is 1. The largest absolute Gasteiger partial charge is 0.397 e. The number of nitrogens with two attached hydrogens (primary N) is 1. The number of nitrogens with one attached hydrogen (secondary N) is 1. The highest BCUT2D eigenvalue weighted by Crippen LogP contribution is 2.51. The number of amides is 1. The Balaban J connectivity index is 2.40. The first kappa shape index (κ1) is 12.2. The maximum atomic E-state index is 11.9. The first-order chi connectivity index (χ1) is 8.06. The molecule has 1 aromatic heterocycles. The van der Waals surface area contributed by atoms with Gasteiger partial charge in [0.15, 0.2) is 0 Å². The van der Waals surface area contributed by atoms with E-state index in [9.17, 15) is 4.79 Å². The molecule has 1 saturated carbocycles. The second-order valence-electron chi connectivity index (χ2n) is 4.59. The van der Waals surface area contributed by atoms with Crippen molar-refractivity contribution in [3.8, 4) is 0 Å². The van der Waals surface area contributed by atoms with Crippen molar-refractivity contribution in [1.29, 1.82) is 0 Å². The number of anilines is 2. The molecule has 1 amide bonds. The Morgan fingerprint density at radius 3 is 2.65 bits per heavy atom. The zero-order valence-electron chi connectivity index (χ0n) is 10.5. The Hall–Kier alpha value is -1.23. The molecule has 0 spiro atoms. The van der Waals surface area contributed by atoms with Crippen molar-refractivity contribution >= 4 is 27.9 Å². The van der Waals surface area contributed by atoms with Crippen LogP contribution in [0.3, 0.4) is 0 Å². The summed E-state index contributed by atoms with van der Waals surface area (Å²) in [6, 6.07) is 0. The lowest BCUT2D eigenvalue weighted by molar-refractivity contribution is 0.0960. The summed E-state index contributed by atoms with van der Waals surface area (Å²) in [5.74, 6) is 0.511. The molecule has 0 atom stereocenters. The predicted octanol–water partition coefficient (Wildman–Crippen LogP) is 2.02. The number of hydrogen-bond acceptors (Lipinski definition) is 4. The molecule has 1 heterocycles. The molecule has 0 saturated heterocycles. The van der Waals surface area contributed by atoms with Crippen molar-refractivity contribution in [1.82, 2.24) is 5.32 Å². The van der Waals surface area contributed by atoms with Crippen LogP contribution in [0.4, 0.5) is 10.7 Å². The summed E-state index contributed by atoms with van der Waals surface area (Å²) in [6.07, 6.45) is 2.38. The minimum absolute atomic E-state index is 0.0509. The average molecular weight is 253 g/mol. The second-order valence-corrected chi connectivity index (χ2v) is 5.59. The van der Waals surface area contributed by atoms with Gasteiger partial charge in [-0.1, -0.05) is 0 Å². The highest BCUT2D eigenvalue weighted by atomic mass is 32.1. The van der Waals surface area contributed by atoms with Crippen LogP contribution < -0.4 is 16.0 Å². The molecule has 1 fully saturated rings. The van der Waals surface area contributed by atoms with Crippen LogP contribution >= 0.6 is 11.3 Å². The van der Waals surface area contributed by atoms with E-state index in [2.05, 4.69) is 10.2 Å². The minimum atomic E-state index is -0.0509. The standard InChI is InChI=1S/C12H19N3OS/c1-4-14-11(16)10-9(13)8(7-5-6-7)12(17-10)15(2)3/h7H,4-6,13H2,1-3H3,(H,14,16). The summed E-state index contributed by atoms with van der Waals surface area (Å²) in [5, 5.41) is 3.95. The van der Waals surface area contributed by atoms with E-state index in [-0.39, 0.29) is 5.91 Å². The molecule has 0 aliphatic heterocycles. The Kier molecular flexibility index (Phi) is 3.28. The fourth-order valence-electron chi connectivity index (χ4n) is 1.95. The molecule has 5 heteroatoms. The van der Waals surface area contributed by atoms with Crippen LogP contribution in [-0.2, 0) is 0 Å². The van der Waals surface area contributed by atoms with Crippen LogP contribution in [0.1, 0.15) is 40.9 Å². The van der Waals surface area contributed by atoms with Gasteiger partial charge in [-0.25, -0.2) is 0 Å². The predicted molar refractivity (Wildman–Crippen MR) is 73.0 cm³/mol. The topological polar surface area (TPSA) is 58.4 Å². The zero-order valence-corrected chi connectivity index (χ0v) is 11.4. The maximum absolute atomic E-state index is 11.9. The van der Waals surface area contributed by atoms with Crippen LogP contribution in [0.15, 0.2) is 0 Å². The van der Waals surface area contributed by atoms with Crippen LogP contribution in [0.25, 0.3) is 0 Å². The van der Waals surface area contributed by atoms with Gasteiger partial charge in [0.2, 0.25) is 0 Å². The number of rotatable bonds is 4. The fourth-order valence-corrected chi connectivity index (χ4v) is 3.10. The Bertz CT molecular complexity index is 435. The SMILES string of the molecule is CCNC(=O)c1sc(N(C)C)c(C2CC2)c1N. The summed E-state index contributed by atoms with van der Waals surface area (Å²) in [6.45, 7) is 2.54. The quantitative estimate of drug-likeness (QED) is 0.863. The monoisotopic (exact) mass is 253 g/mol. The Morgan fingerprint density at radius 1 is 1.53 bits per heavy atom. The van der Waals surface area contributed by atoms with E-state index < -0.39 is 0 Å². The molecule has 1 aromatic rings. The fraction of sp³-hybridized carbons (Fsp3) is 0.583. The minimum Gasteiger partial charge on any atom is -0.397 e. The lowest BCUT2D eigenvalue weighted by atomic mass is 10.1. The van der Waals surface area contributed by atoms with Crippen molar-refractivity contribution in [2.45, 2.75) is 25.7 Å². The molecule has 1 aliphatic rings. The Morgan fingerprint density at radius 2 is 2.18 bits per heavy atom. The third-order valence-corrected chi connectivity index (χ3v) is 4.29. The number of carbonyl (C=O) groups is 1. The summed E-state index contributed by atoms with van der Waals surface area (Å²) in [4.78, 5) is 14.6. The van der Waals surface area contributed by atoms with Crippen molar-refractivity contribution in [2.75, 3.05) is 31.3 Å². The highest BCUT2D eigenvalue weighted by Gasteiger charge is 2.33. The van der Waals surface area contributed by atoms with Crippen LogP contribution in [0.5, 0.6) is 0 Å². The molecule has 2 rings (SSSR count). The molecule has 0 radical (unpaired) electrons. The molecule has 0 bridgehead atoms. The number of nitrogens with zero attached hydrogens (tertiary/aromatic N) is 1. The lowest BCUT2D eigenvalue weighted by Gasteiger charge is -2.12. The van der Waals surface area contributed by atoms with Gasteiger partial charge in [0.1, 0.15) is 4.88 Å². The first-order valence-electron chi connectivity index (χ1n) is 5.93. The van der Waals surface area contributed by atoms with Gasteiger partial charge in [-0.2, -0.15) is 0 Å². The van der Waals surface area contributed by atoms with E-state index in [1.807, 2.05) is 21.0 Å². The third-order valence-electron chi connectivity index (χ3n) is 2.90. The summed E-state index contributed by atoms with van der Waals surface area (Å²) >= 11 is 1.50.